The van der Waals surface area contributed by atoms with Crippen molar-refractivity contribution in [1.29, 1.82) is 5.26 Å². The predicted octanol–water partition coefficient (Wildman–Crippen LogP) is 2.49. The van der Waals surface area contributed by atoms with Gasteiger partial charge in [-0.25, -0.2) is 0 Å². The van der Waals surface area contributed by atoms with Crippen LogP contribution >= 0.6 is 0 Å². The fraction of sp³-hybridized carbons (Fsp3) is 0.385. The van der Waals surface area contributed by atoms with Gasteiger partial charge in [-0.1, -0.05) is 37.3 Å². The highest BCUT2D eigenvalue weighted by molar-refractivity contribution is 5.74. The van der Waals surface area contributed by atoms with Crippen molar-refractivity contribution in [2.24, 2.45) is 5.92 Å². The molecule has 3 nitrogen and oxygen atoms in total. The molecule has 0 heterocycles. The van der Waals surface area contributed by atoms with Gasteiger partial charge in [0, 0.05) is 0 Å². The van der Waals surface area contributed by atoms with Crippen LogP contribution in [-0.2, 0) is 9.53 Å². The summed E-state index contributed by atoms with van der Waals surface area (Å²) in [7, 11) is 0. The van der Waals surface area contributed by atoms with Crippen LogP contribution in [0.4, 0.5) is 0 Å². The Hall–Kier alpha value is -1.82. The number of hydrogen-bond donors (Lipinski definition) is 0. The lowest BCUT2D eigenvalue weighted by molar-refractivity contribution is -0.147. The molecule has 16 heavy (non-hydrogen) atoms. The van der Waals surface area contributed by atoms with Crippen LogP contribution in [0.15, 0.2) is 30.3 Å². The van der Waals surface area contributed by atoms with Crippen LogP contribution in [0, 0.1) is 17.2 Å². The molecule has 1 aromatic carbocycles. The Balaban J connectivity index is 2.84. The largest absolute Gasteiger partial charge is 0.466 e. The summed E-state index contributed by atoms with van der Waals surface area (Å²) in [6.07, 6.45) is 0. The molecule has 1 aromatic rings. The average molecular weight is 217 g/mol. The summed E-state index contributed by atoms with van der Waals surface area (Å²) in [4.78, 5) is 11.5. The van der Waals surface area contributed by atoms with Gasteiger partial charge in [0.15, 0.2) is 0 Å². The van der Waals surface area contributed by atoms with Gasteiger partial charge in [-0.15, -0.1) is 0 Å². The van der Waals surface area contributed by atoms with Crippen molar-refractivity contribution >= 4 is 5.97 Å². The molecule has 0 radical (unpaired) electrons. The Bertz CT molecular complexity index is 381. The van der Waals surface area contributed by atoms with E-state index in [4.69, 9.17) is 10.00 Å². The fourth-order valence-corrected chi connectivity index (χ4v) is 1.55. The van der Waals surface area contributed by atoms with E-state index in [1.54, 1.807) is 13.8 Å². The Morgan fingerprint density at radius 1 is 1.44 bits per heavy atom. The zero-order valence-electron chi connectivity index (χ0n) is 9.51. The molecule has 0 aromatic heterocycles. The van der Waals surface area contributed by atoms with Crippen LogP contribution in [0.1, 0.15) is 25.3 Å². The maximum atomic E-state index is 11.5. The molecule has 0 amide bonds. The van der Waals surface area contributed by atoms with E-state index in [0.717, 1.165) is 5.56 Å². The summed E-state index contributed by atoms with van der Waals surface area (Å²) in [5.41, 5.74) is 0.852. The van der Waals surface area contributed by atoms with Crippen LogP contribution in [0.25, 0.3) is 0 Å². The predicted molar refractivity (Wildman–Crippen MR) is 60.6 cm³/mol. The van der Waals surface area contributed by atoms with Gasteiger partial charge < -0.3 is 4.74 Å². The second-order valence-corrected chi connectivity index (χ2v) is 3.56. The van der Waals surface area contributed by atoms with Gasteiger partial charge in [-0.3, -0.25) is 4.79 Å². The minimum Gasteiger partial charge on any atom is -0.466 e. The van der Waals surface area contributed by atoms with Crippen molar-refractivity contribution in [3.63, 3.8) is 0 Å². The molecule has 0 saturated heterocycles. The van der Waals surface area contributed by atoms with Gasteiger partial charge in [-0.2, -0.15) is 5.26 Å². The molecular weight excluding hydrogens is 202 g/mol. The molecule has 0 unspecified atom stereocenters. The average Bonchev–Trinajstić information content (AvgIpc) is 2.31. The first kappa shape index (κ1) is 12.3. The van der Waals surface area contributed by atoms with Gasteiger partial charge in [0.1, 0.15) is 0 Å². The van der Waals surface area contributed by atoms with Crippen molar-refractivity contribution in [2.75, 3.05) is 6.61 Å². The molecule has 0 N–H and O–H groups in total. The molecule has 0 aliphatic heterocycles. The number of hydrogen-bond acceptors (Lipinski definition) is 3. The van der Waals surface area contributed by atoms with Gasteiger partial charge in [0.25, 0.3) is 0 Å². The first-order valence-electron chi connectivity index (χ1n) is 5.32. The van der Waals surface area contributed by atoms with Crippen molar-refractivity contribution in [3.05, 3.63) is 35.9 Å². The molecule has 0 aliphatic rings. The lowest BCUT2D eigenvalue weighted by Crippen LogP contribution is -2.21. The number of nitrogens with zero attached hydrogens (tertiary/aromatic N) is 1. The smallest absolute Gasteiger partial charge is 0.310 e. The number of carbonyl (C=O) groups excluding carboxylic acids is 1. The highest BCUT2D eigenvalue weighted by Gasteiger charge is 2.26. The first-order valence-corrected chi connectivity index (χ1v) is 5.32. The van der Waals surface area contributed by atoms with Crippen LogP contribution in [0.5, 0.6) is 0 Å². The third-order valence-corrected chi connectivity index (χ3v) is 2.46. The van der Waals surface area contributed by atoms with Gasteiger partial charge in [0.05, 0.1) is 24.5 Å². The van der Waals surface area contributed by atoms with Crippen molar-refractivity contribution in [1.82, 2.24) is 0 Å². The van der Waals surface area contributed by atoms with E-state index in [1.807, 2.05) is 30.3 Å². The minimum atomic E-state index is -0.444. The van der Waals surface area contributed by atoms with E-state index in [0.29, 0.717) is 6.61 Å². The summed E-state index contributed by atoms with van der Waals surface area (Å²) >= 11 is 0. The molecule has 0 fully saturated rings. The van der Waals surface area contributed by atoms with Crippen molar-refractivity contribution in [3.8, 4) is 6.07 Å². The monoisotopic (exact) mass is 217 g/mol. The Labute approximate surface area is 95.7 Å². The second-order valence-electron chi connectivity index (χ2n) is 3.56. The molecule has 0 bridgehead atoms. The number of ether oxygens (including phenoxy) is 1. The van der Waals surface area contributed by atoms with E-state index in [1.165, 1.54) is 0 Å². The van der Waals surface area contributed by atoms with Crippen LogP contribution in [0.2, 0.25) is 0 Å². The summed E-state index contributed by atoms with van der Waals surface area (Å²) in [5.74, 6) is -1.20. The van der Waals surface area contributed by atoms with E-state index in [2.05, 4.69) is 6.07 Å². The standard InChI is InChI=1S/C13H15NO2/c1-3-16-13(15)10(2)12(9-14)11-7-5-4-6-8-11/h4-8,10,12H,3H2,1-2H3/t10-,12+/m0/s1. The molecule has 84 valence electrons. The Morgan fingerprint density at radius 3 is 2.56 bits per heavy atom. The maximum Gasteiger partial charge on any atom is 0.310 e. The van der Waals surface area contributed by atoms with Crippen LogP contribution < -0.4 is 0 Å². The number of benzene rings is 1. The Kier molecular flexibility index (Phi) is 4.53. The van der Waals surface area contributed by atoms with E-state index >= 15 is 0 Å². The number of rotatable bonds is 4. The van der Waals surface area contributed by atoms with Crippen LogP contribution in [-0.4, -0.2) is 12.6 Å². The van der Waals surface area contributed by atoms with Gasteiger partial charge in [0.2, 0.25) is 0 Å². The normalized spacial score (nSPS) is 13.6. The lowest BCUT2D eigenvalue weighted by atomic mass is 9.88. The summed E-state index contributed by atoms with van der Waals surface area (Å²) in [6.45, 7) is 3.82. The van der Waals surface area contributed by atoms with E-state index in [9.17, 15) is 4.79 Å². The second kappa shape index (κ2) is 5.92. The Morgan fingerprint density at radius 2 is 2.06 bits per heavy atom. The fourth-order valence-electron chi connectivity index (χ4n) is 1.55. The minimum absolute atomic E-state index is 0.321. The first-order chi connectivity index (χ1) is 7.70. The topological polar surface area (TPSA) is 50.1 Å². The lowest BCUT2D eigenvalue weighted by Gasteiger charge is -2.16. The maximum absolute atomic E-state index is 11.5. The molecule has 0 saturated carbocycles. The number of nitriles is 1. The molecule has 0 aliphatic carbocycles. The molecule has 3 heteroatoms. The molecule has 2 atom stereocenters. The van der Waals surface area contributed by atoms with Crippen molar-refractivity contribution in [2.45, 2.75) is 19.8 Å². The number of carbonyl (C=O) groups is 1. The SMILES string of the molecule is CCOC(=O)[C@@H](C)[C@@H](C#N)c1ccccc1. The zero-order chi connectivity index (χ0) is 12.0. The third-order valence-electron chi connectivity index (χ3n) is 2.46. The van der Waals surface area contributed by atoms with Crippen molar-refractivity contribution < 1.29 is 9.53 Å². The highest BCUT2D eigenvalue weighted by atomic mass is 16.5. The van der Waals surface area contributed by atoms with Crippen LogP contribution in [0.3, 0.4) is 0 Å². The quantitative estimate of drug-likeness (QED) is 0.728. The van der Waals surface area contributed by atoms with Gasteiger partial charge in [-0.05, 0) is 12.5 Å². The zero-order valence-corrected chi connectivity index (χ0v) is 9.51. The van der Waals surface area contributed by atoms with Gasteiger partial charge >= 0.3 is 5.97 Å². The highest BCUT2D eigenvalue weighted by Crippen LogP contribution is 2.24. The summed E-state index contributed by atoms with van der Waals surface area (Å²) < 4.78 is 4.92. The van der Waals surface area contributed by atoms with E-state index < -0.39 is 11.8 Å². The van der Waals surface area contributed by atoms with E-state index in [-0.39, 0.29) is 5.97 Å². The number of esters is 1. The summed E-state index contributed by atoms with van der Waals surface area (Å²) in [5, 5.41) is 9.11. The molecule has 1 rings (SSSR count). The third kappa shape index (κ3) is 2.83. The molecule has 0 spiro atoms. The summed E-state index contributed by atoms with van der Waals surface area (Å²) in [6, 6.07) is 11.5. The molecular formula is C13H15NO2.